The summed E-state index contributed by atoms with van der Waals surface area (Å²) in [6.07, 6.45) is 2.11. The molecular formula is C23H41NO8P+. The number of aliphatic hydroxyl groups is 1. The van der Waals surface area contributed by atoms with Crippen molar-refractivity contribution in [2.24, 2.45) is 0 Å². The van der Waals surface area contributed by atoms with E-state index in [9.17, 15) is 19.4 Å². The molecule has 1 rings (SSSR count). The van der Waals surface area contributed by atoms with Crippen molar-refractivity contribution >= 4 is 13.8 Å². The van der Waals surface area contributed by atoms with Crippen molar-refractivity contribution in [2.75, 3.05) is 34.4 Å². The van der Waals surface area contributed by atoms with Crippen LogP contribution in [-0.4, -0.2) is 72.2 Å². The molecule has 1 aromatic rings. The van der Waals surface area contributed by atoms with Gasteiger partial charge < -0.3 is 24.3 Å². The first-order valence-corrected chi connectivity index (χ1v) is 12.9. The number of likely N-dealkylation sites (N-methyl/N-ethyl adjacent to an activating group) is 1. The van der Waals surface area contributed by atoms with E-state index in [2.05, 4.69) is 19.9 Å². The summed E-state index contributed by atoms with van der Waals surface area (Å²) in [4.78, 5) is 21.0. The van der Waals surface area contributed by atoms with Crippen LogP contribution in [0.2, 0.25) is 0 Å². The molecule has 0 amide bonds. The smallest absolute Gasteiger partial charge is 0.472 e. The van der Waals surface area contributed by atoms with Gasteiger partial charge in [-0.15, -0.1) is 0 Å². The van der Waals surface area contributed by atoms with Crippen molar-refractivity contribution in [1.82, 2.24) is 0 Å². The normalized spacial score (nSPS) is 15.6. The third kappa shape index (κ3) is 12.0. The molecule has 3 atom stereocenters. The first-order valence-electron chi connectivity index (χ1n) is 11.4. The Balaban J connectivity index is 2.22. The van der Waals surface area contributed by atoms with E-state index in [1.165, 1.54) is 11.1 Å². The lowest BCUT2D eigenvalue weighted by Crippen LogP contribution is -2.52. The summed E-state index contributed by atoms with van der Waals surface area (Å²) in [6, 6.07) is 6.05. The summed E-state index contributed by atoms with van der Waals surface area (Å²) in [6.45, 7) is 4.82. The van der Waals surface area contributed by atoms with Crippen molar-refractivity contribution in [2.45, 2.75) is 71.1 Å². The number of rotatable bonds is 17. The zero-order valence-corrected chi connectivity index (χ0v) is 21.4. The molecule has 2 unspecified atom stereocenters. The van der Waals surface area contributed by atoms with Gasteiger partial charge in [0.1, 0.15) is 5.75 Å². The number of carboxylic acids is 1. The van der Waals surface area contributed by atoms with Gasteiger partial charge in [-0.2, -0.15) is 0 Å². The standard InChI is InChI=1S/C23H40NO8P/c1-18-13-12-14-20(19(18)2)30-15-10-8-6-7-9-11-16-31-33(28,29)32-21(17-22(25)26)23(27)24(3,4)5/h12-14,21,23,27H,6-11,15-17H2,1-5H3,(H-,25,26,28,29)/p+1/t21-,23?/m1/s1. The van der Waals surface area contributed by atoms with E-state index in [0.29, 0.717) is 13.0 Å². The van der Waals surface area contributed by atoms with Crippen molar-refractivity contribution in [3.8, 4) is 5.75 Å². The fourth-order valence-electron chi connectivity index (χ4n) is 3.22. The minimum absolute atomic E-state index is 0.0176. The minimum Gasteiger partial charge on any atom is -0.493 e. The van der Waals surface area contributed by atoms with E-state index in [-0.39, 0.29) is 11.1 Å². The highest BCUT2D eigenvalue weighted by Gasteiger charge is 2.39. The van der Waals surface area contributed by atoms with E-state index >= 15 is 0 Å². The number of hydrogen-bond acceptors (Lipinski definition) is 6. The quantitative estimate of drug-likeness (QED) is 0.130. The Morgan fingerprint density at radius 3 is 2.18 bits per heavy atom. The second-order valence-electron chi connectivity index (χ2n) is 9.24. The lowest BCUT2D eigenvalue weighted by Gasteiger charge is -2.34. The third-order valence-electron chi connectivity index (χ3n) is 5.38. The van der Waals surface area contributed by atoms with Crippen molar-refractivity contribution < 1.29 is 42.7 Å². The number of phosphoric ester groups is 1. The monoisotopic (exact) mass is 490 g/mol. The molecule has 0 aliphatic heterocycles. The molecule has 0 aromatic heterocycles. The van der Waals surface area contributed by atoms with Crippen LogP contribution in [0, 0.1) is 13.8 Å². The van der Waals surface area contributed by atoms with Crippen LogP contribution >= 0.6 is 7.82 Å². The largest absolute Gasteiger partial charge is 0.493 e. The van der Waals surface area contributed by atoms with Gasteiger partial charge in [-0.05, 0) is 43.9 Å². The van der Waals surface area contributed by atoms with Crippen LogP contribution in [0.4, 0.5) is 0 Å². The topological polar surface area (TPSA) is 123 Å². The number of carbonyl (C=O) groups is 1. The minimum atomic E-state index is -4.49. The molecule has 0 aliphatic carbocycles. The van der Waals surface area contributed by atoms with Crippen LogP contribution in [0.3, 0.4) is 0 Å². The molecule has 0 heterocycles. The summed E-state index contributed by atoms with van der Waals surface area (Å²) in [7, 11) is 0.395. The lowest BCUT2D eigenvalue weighted by molar-refractivity contribution is -0.922. The molecule has 0 saturated heterocycles. The summed E-state index contributed by atoms with van der Waals surface area (Å²) in [5.74, 6) is -0.311. The Hall–Kier alpha value is -1.48. The van der Waals surface area contributed by atoms with Crippen LogP contribution in [0.1, 0.15) is 56.1 Å². The maximum absolute atomic E-state index is 12.2. The van der Waals surface area contributed by atoms with Gasteiger partial charge in [0.05, 0.1) is 40.8 Å². The van der Waals surface area contributed by atoms with Crippen LogP contribution in [0.25, 0.3) is 0 Å². The summed E-state index contributed by atoms with van der Waals surface area (Å²) >= 11 is 0. The Kier molecular flexibility index (Phi) is 12.6. The molecule has 10 heteroatoms. The molecule has 3 N–H and O–H groups in total. The molecule has 0 radical (unpaired) electrons. The summed E-state index contributed by atoms with van der Waals surface area (Å²) < 4.78 is 28.0. The number of nitrogens with zero attached hydrogens (tertiary/aromatic N) is 1. The molecule has 0 aliphatic rings. The SMILES string of the molecule is Cc1cccc(OCCCCCCCCOP(=O)(O)O[C@H](CC(=O)O)C(O)[N+](C)(C)C)c1C. The highest BCUT2D eigenvalue weighted by molar-refractivity contribution is 7.47. The number of unbranched alkanes of at least 4 members (excludes halogenated alkanes) is 5. The van der Waals surface area contributed by atoms with E-state index in [1.807, 2.05) is 12.1 Å². The highest BCUT2D eigenvalue weighted by Crippen LogP contribution is 2.46. The number of carboxylic acid groups (broad SMARTS) is 1. The van der Waals surface area contributed by atoms with E-state index in [1.54, 1.807) is 21.1 Å². The maximum Gasteiger partial charge on any atom is 0.472 e. The zero-order valence-electron chi connectivity index (χ0n) is 20.5. The van der Waals surface area contributed by atoms with Gasteiger partial charge in [0.15, 0.2) is 6.10 Å². The predicted octanol–water partition coefficient (Wildman–Crippen LogP) is 4.02. The first-order chi connectivity index (χ1) is 15.3. The van der Waals surface area contributed by atoms with Crippen LogP contribution < -0.4 is 4.74 Å². The third-order valence-corrected chi connectivity index (χ3v) is 6.42. The van der Waals surface area contributed by atoms with Crippen LogP contribution in [0.5, 0.6) is 5.75 Å². The van der Waals surface area contributed by atoms with Gasteiger partial charge in [0.2, 0.25) is 6.23 Å². The van der Waals surface area contributed by atoms with Gasteiger partial charge in [-0.25, -0.2) is 4.57 Å². The molecule has 190 valence electrons. The highest BCUT2D eigenvalue weighted by atomic mass is 31.2. The van der Waals surface area contributed by atoms with E-state index in [4.69, 9.17) is 18.9 Å². The fraction of sp³-hybridized carbons (Fsp3) is 0.696. The number of aliphatic carboxylic acids is 1. The van der Waals surface area contributed by atoms with Gasteiger partial charge in [0, 0.05) is 0 Å². The van der Waals surface area contributed by atoms with Crippen molar-refractivity contribution in [3.05, 3.63) is 29.3 Å². The summed E-state index contributed by atoms with van der Waals surface area (Å²) in [5, 5.41) is 19.3. The first kappa shape index (κ1) is 29.6. The van der Waals surface area contributed by atoms with Crippen LogP contribution in [0.15, 0.2) is 18.2 Å². The molecule has 0 bridgehead atoms. The zero-order chi connectivity index (χ0) is 25.1. The molecule has 0 saturated carbocycles. The Bertz CT molecular complexity index is 780. The number of aryl methyl sites for hydroxylation is 1. The van der Waals surface area contributed by atoms with Crippen LogP contribution in [-0.2, 0) is 18.4 Å². The Morgan fingerprint density at radius 2 is 1.61 bits per heavy atom. The Morgan fingerprint density at radius 1 is 1.03 bits per heavy atom. The lowest BCUT2D eigenvalue weighted by atomic mass is 10.1. The molecule has 0 spiro atoms. The van der Waals surface area contributed by atoms with E-state index < -0.39 is 32.5 Å². The second kappa shape index (κ2) is 14.0. The average Bonchev–Trinajstić information content (AvgIpc) is 2.70. The molecule has 9 nitrogen and oxygen atoms in total. The predicted molar refractivity (Wildman–Crippen MR) is 126 cm³/mol. The Labute approximate surface area is 197 Å². The average molecular weight is 491 g/mol. The molecular weight excluding hydrogens is 449 g/mol. The number of ether oxygens (including phenoxy) is 1. The van der Waals surface area contributed by atoms with Gasteiger partial charge in [-0.1, -0.05) is 37.8 Å². The van der Waals surface area contributed by atoms with E-state index in [0.717, 1.165) is 37.9 Å². The van der Waals surface area contributed by atoms with Gasteiger partial charge in [0.25, 0.3) is 0 Å². The number of hydrogen-bond donors (Lipinski definition) is 3. The summed E-state index contributed by atoms with van der Waals surface area (Å²) in [5.41, 5.74) is 2.39. The van der Waals surface area contributed by atoms with Gasteiger partial charge >= 0.3 is 13.8 Å². The maximum atomic E-state index is 12.2. The van der Waals surface area contributed by atoms with Gasteiger partial charge in [-0.3, -0.25) is 13.8 Å². The van der Waals surface area contributed by atoms with Crippen molar-refractivity contribution in [3.63, 3.8) is 0 Å². The molecule has 1 aromatic carbocycles. The number of benzene rings is 1. The number of phosphoric acid groups is 1. The molecule has 0 fully saturated rings. The molecule has 33 heavy (non-hydrogen) atoms. The van der Waals surface area contributed by atoms with Crippen molar-refractivity contribution in [1.29, 1.82) is 0 Å². The number of aliphatic hydroxyl groups excluding tert-OH is 1. The second-order valence-corrected chi connectivity index (χ2v) is 10.6. The fourth-order valence-corrected chi connectivity index (χ4v) is 4.17. The number of quaternary nitrogens is 1.